The monoisotopic (exact) mass is 254 g/mol. The minimum Gasteiger partial charge on any atom is -0.506 e. The quantitative estimate of drug-likeness (QED) is 0.850. The lowest BCUT2D eigenvalue weighted by atomic mass is 10.00. The molecule has 2 aromatic rings. The maximum atomic E-state index is 12.5. The van der Waals surface area contributed by atoms with Gasteiger partial charge in [-0.15, -0.1) is 0 Å². The van der Waals surface area contributed by atoms with E-state index in [0.717, 1.165) is 18.4 Å². The summed E-state index contributed by atoms with van der Waals surface area (Å²) in [7, 11) is 0. The van der Waals surface area contributed by atoms with E-state index in [0.29, 0.717) is 17.8 Å². The first-order valence-corrected chi connectivity index (χ1v) is 6.30. The van der Waals surface area contributed by atoms with Crippen molar-refractivity contribution >= 4 is 11.6 Å². The second-order valence-electron chi connectivity index (χ2n) is 4.58. The number of para-hydroxylation sites is 1. The summed E-state index contributed by atoms with van der Waals surface area (Å²) >= 11 is 0. The molecule has 0 bridgehead atoms. The number of nitrogens with zero attached hydrogens (tertiary/aromatic N) is 2. The van der Waals surface area contributed by atoms with Gasteiger partial charge in [-0.05, 0) is 36.6 Å². The number of aromatic hydroxyl groups is 1. The molecule has 1 aliphatic rings. The molecule has 0 saturated heterocycles. The van der Waals surface area contributed by atoms with E-state index >= 15 is 0 Å². The summed E-state index contributed by atoms with van der Waals surface area (Å²) in [6.45, 7) is 0.631. The highest BCUT2D eigenvalue weighted by atomic mass is 16.3. The molecule has 19 heavy (non-hydrogen) atoms. The average molecular weight is 254 g/mol. The van der Waals surface area contributed by atoms with Crippen molar-refractivity contribution in [1.29, 1.82) is 0 Å². The van der Waals surface area contributed by atoms with Crippen molar-refractivity contribution < 1.29 is 9.90 Å². The Labute approximate surface area is 111 Å². The summed E-state index contributed by atoms with van der Waals surface area (Å²) in [6.07, 6.45) is 5.00. The molecule has 0 spiro atoms. The number of rotatable bonds is 1. The molecule has 2 heterocycles. The Morgan fingerprint density at radius 1 is 1.21 bits per heavy atom. The average Bonchev–Trinajstić information content (AvgIpc) is 2.47. The minimum atomic E-state index is -0.0927. The summed E-state index contributed by atoms with van der Waals surface area (Å²) in [5.41, 5.74) is 2.26. The number of phenols is 1. The van der Waals surface area contributed by atoms with Gasteiger partial charge in [-0.2, -0.15) is 0 Å². The van der Waals surface area contributed by atoms with Crippen molar-refractivity contribution in [1.82, 2.24) is 4.98 Å². The number of aryl methyl sites for hydroxylation is 1. The predicted octanol–water partition coefficient (Wildman–Crippen LogP) is 2.38. The maximum Gasteiger partial charge on any atom is 0.258 e. The number of amides is 1. The molecule has 1 N–H and O–H groups in total. The lowest BCUT2D eigenvalue weighted by molar-refractivity contribution is 0.0984. The highest BCUT2D eigenvalue weighted by molar-refractivity contribution is 6.07. The van der Waals surface area contributed by atoms with Crippen molar-refractivity contribution in [3.8, 4) is 5.75 Å². The Morgan fingerprint density at radius 3 is 2.79 bits per heavy atom. The standard InChI is InChI=1S/C15H14N2O2/c18-13-5-1-3-11-4-2-10-17(14(11)13)15(19)12-6-8-16-9-7-12/h1,3,5-9,18H,2,4,10H2. The van der Waals surface area contributed by atoms with Gasteiger partial charge < -0.3 is 10.0 Å². The molecule has 0 radical (unpaired) electrons. The molecule has 1 amide bonds. The highest BCUT2D eigenvalue weighted by Gasteiger charge is 2.25. The third-order valence-corrected chi connectivity index (χ3v) is 3.37. The molecule has 0 fully saturated rings. The van der Waals surface area contributed by atoms with Crippen LogP contribution in [0.1, 0.15) is 22.3 Å². The molecule has 1 aromatic heterocycles. The summed E-state index contributed by atoms with van der Waals surface area (Å²) < 4.78 is 0. The zero-order valence-corrected chi connectivity index (χ0v) is 10.4. The Bertz CT molecular complexity index is 611. The molecule has 96 valence electrons. The van der Waals surface area contributed by atoms with Gasteiger partial charge in [0, 0.05) is 24.5 Å². The topological polar surface area (TPSA) is 53.4 Å². The third-order valence-electron chi connectivity index (χ3n) is 3.37. The minimum absolute atomic E-state index is 0.0927. The molecule has 0 aliphatic carbocycles. The van der Waals surface area contributed by atoms with Crippen molar-refractivity contribution in [3.63, 3.8) is 0 Å². The van der Waals surface area contributed by atoms with Gasteiger partial charge in [0.05, 0.1) is 5.69 Å². The molecule has 0 atom stereocenters. The number of phenolic OH excluding ortho intramolecular Hbond substituents is 1. The Morgan fingerprint density at radius 2 is 2.00 bits per heavy atom. The first kappa shape index (κ1) is 11.7. The molecular weight excluding hydrogens is 240 g/mol. The molecule has 4 heteroatoms. The fourth-order valence-corrected chi connectivity index (χ4v) is 2.48. The van der Waals surface area contributed by atoms with Crippen molar-refractivity contribution in [3.05, 3.63) is 53.9 Å². The fourth-order valence-electron chi connectivity index (χ4n) is 2.48. The van der Waals surface area contributed by atoms with Gasteiger partial charge in [0.1, 0.15) is 5.75 Å². The number of fused-ring (bicyclic) bond motifs is 1. The number of carbonyl (C=O) groups excluding carboxylic acids is 1. The first-order chi connectivity index (χ1) is 9.27. The van der Waals surface area contributed by atoms with Crippen LogP contribution in [0.4, 0.5) is 5.69 Å². The number of hydrogen-bond acceptors (Lipinski definition) is 3. The van der Waals surface area contributed by atoms with Gasteiger partial charge in [0.25, 0.3) is 5.91 Å². The summed E-state index contributed by atoms with van der Waals surface area (Å²) in [5, 5.41) is 10.0. The highest BCUT2D eigenvalue weighted by Crippen LogP contribution is 2.36. The lowest BCUT2D eigenvalue weighted by Gasteiger charge is -2.30. The van der Waals surface area contributed by atoms with Crippen LogP contribution in [0.2, 0.25) is 0 Å². The van der Waals surface area contributed by atoms with E-state index in [1.807, 2.05) is 12.1 Å². The van der Waals surface area contributed by atoms with Gasteiger partial charge >= 0.3 is 0 Å². The molecule has 3 rings (SSSR count). The second-order valence-corrected chi connectivity index (χ2v) is 4.58. The molecule has 1 aliphatic heterocycles. The lowest BCUT2D eigenvalue weighted by Crippen LogP contribution is -2.35. The van der Waals surface area contributed by atoms with E-state index in [1.165, 1.54) is 0 Å². The van der Waals surface area contributed by atoms with Crippen LogP contribution in [-0.4, -0.2) is 22.5 Å². The van der Waals surface area contributed by atoms with Gasteiger partial charge in [-0.1, -0.05) is 12.1 Å². The zero-order valence-electron chi connectivity index (χ0n) is 10.4. The van der Waals surface area contributed by atoms with Gasteiger partial charge in [-0.25, -0.2) is 0 Å². The van der Waals surface area contributed by atoms with Crippen molar-refractivity contribution in [2.75, 3.05) is 11.4 Å². The van der Waals surface area contributed by atoms with Gasteiger partial charge in [-0.3, -0.25) is 9.78 Å². The van der Waals surface area contributed by atoms with Crippen LogP contribution in [0.5, 0.6) is 5.75 Å². The van der Waals surface area contributed by atoms with Gasteiger partial charge in [0.2, 0.25) is 0 Å². The van der Waals surface area contributed by atoms with E-state index in [-0.39, 0.29) is 11.7 Å². The van der Waals surface area contributed by atoms with E-state index < -0.39 is 0 Å². The Hall–Kier alpha value is -2.36. The van der Waals surface area contributed by atoms with Crippen LogP contribution in [0.3, 0.4) is 0 Å². The number of hydrogen-bond donors (Lipinski definition) is 1. The fraction of sp³-hybridized carbons (Fsp3) is 0.200. The smallest absolute Gasteiger partial charge is 0.258 e. The van der Waals surface area contributed by atoms with Crippen LogP contribution in [0.25, 0.3) is 0 Å². The summed E-state index contributed by atoms with van der Waals surface area (Å²) in [6, 6.07) is 8.78. The van der Waals surface area contributed by atoms with E-state index in [1.54, 1.807) is 35.5 Å². The molecule has 1 aromatic carbocycles. The van der Waals surface area contributed by atoms with Crippen molar-refractivity contribution in [2.45, 2.75) is 12.8 Å². The third kappa shape index (κ3) is 2.05. The number of anilines is 1. The summed E-state index contributed by atoms with van der Waals surface area (Å²) in [5.74, 6) is 0.0736. The second kappa shape index (κ2) is 4.72. The van der Waals surface area contributed by atoms with E-state index in [4.69, 9.17) is 0 Å². The van der Waals surface area contributed by atoms with Crippen LogP contribution < -0.4 is 4.90 Å². The van der Waals surface area contributed by atoms with Crippen molar-refractivity contribution in [2.24, 2.45) is 0 Å². The van der Waals surface area contributed by atoms with E-state index in [2.05, 4.69) is 4.98 Å². The summed E-state index contributed by atoms with van der Waals surface area (Å²) in [4.78, 5) is 18.1. The van der Waals surface area contributed by atoms with Gasteiger partial charge in [0.15, 0.2) is 0 Å². The Balaban J connectivity index is 2.03. The molecular formula is C15H14N2O2. The first-order valence-electron chi connectivity index (χ1n) is 6.30. The number of benzene rings is 1. The molecule has 0 unspecified atom stereocenters. The number of carbonyl (C=O) groups is 1. The SMILES string of the molecule is O=C(c1ccncc1)N1CCCc2cccc(O)c21. The number of aromatic nitrogens is 1. The normalized spacial score (nSPS) is 14.0. The maximum absolute atomic E-state index is 12.5. The largest absolute Gasteiger partial charge is 0.506 e. The predicted molar refractivity (Wildman–Crippen MR) is 72.3 cm³/mol. The zero-order chi connectivity index (χ0) is 13.2. The van der Waals surface area contributed by atoms with Crippen LogP contribution in [0, 0.1) is 0 Å². The Kier molecular flexibility index (Phi) is 2.91. The number of pyridine rings is 1. The van der Waals surface area contributed by atoms with Crippen LogP contribution >= 0.6 is 0 Å². The van der Waals surface area contributed by atoms with E-state index in [9.17, 15) is 9.90 Å². The van der Waals surface area contributed by atoms with Crippen LogP contribution in [0.15, 0.2) is 42.7 Å². The molecule has 4 nitrogen and oxygen atoms in total. The van der Waals surface area contributed by atoms with Crippen LogP contribution in [-0.2, 0) is 6.42 Å². The molecule has 0 saturated carbocycles.